The molecule has 1 aliphatic heterocycles. The van der Waals surface area contributed by atoms with Crippen LogP contribution in [0.15, 0.2) is 60.2 Å². The first-order valence-corrected chi connectivity index (χ1v) is 15.0. The van der Waals surface area contributed by atoms with Gasteiger partial charge in [-0.25, -0.2) is 14.0 Å². The number of hydrogen-bond donors (Lipinski definition) is 0. The van der Waals surface area contributed by atoms with Crippen LogP contribution in [-0.2, 0) is 15.7 Å². The van der Waals surface area contributed by atoms with Crippen molar-refractivity contribution in [2.75, 3.05) is 20.8 Å². The largest absolute Gasteiger partial charge is 0.497 e. The highest BCUT2D eigenvalue weighted by Gasteiger charge is 2.42. The molecule has 0 spiro atoms. The number of allylic oxidation sites excluding steroid dienone is 1. The Balaban J connectivity index is 1.52. The average molecular weight is 640 g/mol. The fourth-order valence-corrected chi connectivity index (χ4v) is 6.46. The number of methoxy groups -OCH3 is 2. The molecule has 3 aromatic rings. The number of hydrogen-bond acceptors (Lipinski definition) is 5. The Bertz CT molecular complexity index is 1710. The first-order chi connectivity index (χ1) is 21.6. The molecule has 0 bridgehead atoms. The molecular formula is C36H37F4NO5. The van der Waals surface area contributed by atoms with E-state index >= 15 is 4.39 Å². The van der Waals surface area contributed by atoms with Crippen molar-refractivity contribution in [1.29, 1.82) is 0 Å². The number of carbonyl (C=O) groups excluding carboxylic acids is 2. The molecule has 0 radical (unpaired) electrons. The number of halogens is 4. The van der Waals surface area contributed by atoms with E-state index in [4.69, 9.17) is 14.2 Å². The van der Waals surface area contributed by atoms with E-state index in [1.807, 2.05) is 12.1 Å². The van der Waals surface area contributed by atoms with Crippen molar-refractivity contribution in [2.45, 2.75) is 65.3 Å². The van der Waals surface area contributed by atoms with Gasteiger partial charge in [-0.05, 0) is 109 Å². The number of carbonyl (C=O) groups is 2. The van der Waals surface area contributed by atoms with Gasteiger partial charge in [0.25, 0.3) is 0 Å². The molecule has 2 aliphatic rings. The maximum absolute atomic E-state index is 15.3. The van der Waals surface area contributed by atoms with Gasteiger partial charge in [0, 0.05) is 12.1 Å². The number of esters is 1. The minimum absolute atomic E-state index is 0.0687. The molecule has 0 saturated carbocycles. The van der Waals surface area contributed by atoms with E-state index in [0.29, 0.717) is 35.3 Å². The van der Waals surface area contributed by atoms with E-state index in [9.17, 15) is 22.8 Å². The van der Waals surface area contributed by atoms with Gasteiger partial charge in [-0.2, -0.15) is 13.2 Å². The molecular weight excluding hydrogens is 602 g/mol. The molecule has 1 amide bonds. The van der Waals surface area contributed by atoms with Gasteiger partial charge >= 0.3 is 18.2 Å². The first kappa shape index (κ1) is 33.0. The summed E-state index contributed by atoms with van der Waals surface area (Å²) in [5, 5.41) is 0. The van der Waals surface area contributed by atoms with Gasteiger partial charge in [0.05, 0.1) is 31.4 Å². The maximum atomic E-state index is 15.3. The molecule has 10 heteroatoms. The topological polar surface area (TPSA) is 65.1 Å². The molecule has 46 heavy (non-hydrogen) atoms. The van der Waals surface area contributed by atoms with Crippen molar-refractivity contribution in [3.8, 4) is 16.9 Å². The second kappa shape index (κ2) is 12.5. The summed E-state index contributed by atoms with van der Waals surface area (Å²) in [4.78, 5) is 26.7. The monoisotopic (exact) mass is 639 g/mol. The third kappa shape index (κ3) is 6.76. The number of cyclic esters (lactones) is 1. The quantitative estimate of drug-likeness (QED) is 0.191. The lowest BCUT2D eigenvalue weighted by Crippen LogP contribution is -2.35. The lowest BCUT2D eigenvalue weighted by atomic mass is 9.72. The molecule has 5 rings (SSSR count). The van der Waals surface area contributed by atoms with Crippen LogP contribution in [0.4, 0.5) is 22.4 Å². The summed E-state index contributed by atoms with van der Waals surface area (Å²) < 4.78 is 72.0. The number of aryl methyl sites for hydroxylation is 1. The van der Waals surface area contributed by atoms with Crippen LogP contribution in [0.3, 0.4) is 0 Å². The average Bonchev–Trinajstić information content (AvgIpc) is 3.27. The summed E-state index contributed by atoms with van der Waals surface area (Å²) in [7, 11) is 2.75. The zero-order chi connectivity index (χ0) is 33.6. The van der Waals surface area contributed by atoms with Crippen LogP contribution in [0.2, 0.25) is 0 Å². The lowest BCUT2D eigenvalue weighted by Gasteiger charge is -2.35. The number of ether oxygens (including phenoxy) is 3. The predicted molar refractivity (Wildman–Crippen MR) is 166 cm³/mol. The van der Waals surface area contributed by atoms with E-state index in [2.05, 4.69) is 13.8 Å². The van der Waals surface area contributed by atoms with Gasteiger partial charge in [0.2, 0.25) is 0 Å². The Morgan fingerprint density at radius 3 is 2.41 bits per heavy atom. The summed E-state index contributed by atoms with van der Waals surface area (Å²) in [6, 6.07) is 12.8. The van der Waals surface area contributed by atoms with E-state index in [1.165, 1.54) is 26.4 Å². The molecule has 1 fully saturated rings. The van der Waals surface area contributed by atoms with Gasteiger partial charge in [0.1, 0.15) is 17.7 Å². The van der Waals surface area contributed by atoms with Crippen LogP contribution in [0.1, 0.15) is 78.7 Å². The Kier molecular flexibility index (Phi) is 8.94. The third-order valence-corrected chi connectivity index (χ3v) is 8.87. The van der Waals surface area contributed by atoms with E-state index in [1.54, 1.807) is 30.9 Å². The van der Waals surface area contributed by atoms with Gasteiger partial charge < -0.3 is 14.2 Å². The Hall–Kier alpha value is -4.34. The molecule has 3 aromatic carbocycles. The van der Waals surface area contributed by atoms with E-state index in [-0.39, 0.29) is 23.1 Å². The van der Waals surface area contributed by atoms with Crippen molar-refractivity contribution in [3.05, 3.63) is 93.8 Å². The fraction of sp³-hybridized carbons (Fsp3) is 0.389. The summed E-state index contributed by atoms with van der Waals surface area (Å²) >= 11 is 0. The smallest absolute Gasteiger partial charge is 0.416 e. The fourth-order valence-electron chi connectivity index (χ4n) is 6.46. The molecule has 0 N–H and O–H groups in total. The van der Waals surface area contributed by atoms with Crippen LogP contribution in [0.25, 0.3) is 16.7 Å². The molecule has 1 aliphatic carbocycles. The Morgan fingerprint density at radius 2 is 1.76 bits per heavy atom. The summed E-state index contributed by atoms with van der Waals surface area (Å²) in [6.07, 6.45) is -3.77. The zero-order valence-electron chi connectivity index (χ0n) is 26.7. The second-order valence-electron chi connectivity index (χ2n) is 12.9. The van der Waals surface area contributed by atoms with Crippen molar-refractivity contribution in [3.63, 3.8) is 0 Å². The lowest BCUT2D eigenvalue weighted by molar-refractivity contribution is -0.137. The molecule has 2 atom stereocenters. The third-order valence-electron chi connectivity index (χ3n) is 8.87. The maximum Gasteiger partial charge on any atom is 0.416 e. The van der Waals surface area contributed by atoms with Crippen molar-refractivity contribution in [1.82, 2.24) is 4.90 Å². The molecule has 244 valence electrons. The zero-order valence-corrected chi connectivity index (χ0v) is 26.7. The van der Waals surface area contributed by atoms with Gasteiger partial charge in [-0.15, -0.1) is 0 Å². The number of alkyl halides is 3. The summed E-state index contributed by atoms with van der Waals surface area (Å²) in [5.74, 6) is -0.725. The Morgan fingerprint density at radius 1 is 1.04 bits per heavy atom. The molecule has 1 heterocycles. The van der Waals surface area contributed by atoms with Crippen molar-refractivity contribution in [2.24, 2.45) is 5.41 Å². The van der Waals surface area contributed by atoms with Gasteiger partial charge in [-0.3, -0.25) is 4.90 Å². The van der Waals surface area contributed by atoms with Crippen LogP contribution in [-0.4, -0.2) is 43.8 Å². The van der Waals surface area contributed by atoms with Crippen molar-refractivity contribution < 1.29 is 41.4 Å². The number of amides is 1. The normalized spacial score (nSPS) is 19.7. The van der Waals surface area contributed by atoms with Gasteiger partial charge in [0.15, 0.2) is 0 Å². The second-order valence-corrected chi connectivity index (χ2v) is 12.9. The highest BCUT2D eigenvalue weighted by Crippen LogP contribution is 2.45. The SMILES string of the molecule is COC(=O)c1ccc(-c2cc(OC)cc(C3=C(CN4C(=O)O[C@H](c5cc(C)cc(C(F)(F)F)c5)[C@@H]4C)CC(C)(C)CC3)c2)c(F)c1. The highest BCUT2D eigenvalue weighted by molar-refractivity contribution is 5.90. The Labute approximate surface area is 265 Å². The van der Waals surface area contributed by atoms with Crippen LogP contribution in [0, 0.1) is 18.2 Å². The number of nitrogens with zero attached hydrogens (tertiary/aromatic N) is 1. The first-order valence-electron chi connectivity index (χ1n) is 15.0. The van der Waals surface area contributed by atoms with Crippen LogP contribution >= 0.6 is 0 Å². The van der Waals surface area contributed by atoms with Crippen molar-refractivity contribution >= 4 is 17.6 Å². The summed E-state index contributed by atoms with van der Waals surface area (Å²) in [5.41, 5.74) is 3.58. The van der Waals surface area contributed by atoms with E-state index < -0.39 is 41.8 Å². The highest BCUT2D eigenvalue weighted by atomic mass is 19.4. The summed E-state index contributed by atoms with van der Waals surface area (Å²) in [6.45, 7) is 7.89. The number of benzene rings is 3. The number of rotatable bonds is 7. The minimum atomic E-state index is -4.53. The van der Waals surface area contributed by atoms with Crippen LogP contribution in [0.5, 0.6) is 5.75 Å². The standard InChI is InChI=1S/C36H37F4NO5/c1-20-11-25(14-27(12-20)36(38,39)40)32-21(2)41(34(43)46-32)19-26-18-35(3,4)10-9-29(26)23-13-24(16-28(15-23)44-5)30-8-7-22(17-31(30)37)33(42)45-6/h7-8,11-17,21,32H,9-10,18-19H2,1-6H3/t21-,32-/m0/s1. The van der Waals surface area contributed by atoms with E-state index in [0.717, 1.165) is 41.3 Å². The minimum Gasteiger partial charge on any atom is -0.497 e. The van der Waals surface area contributed by atoms with Crippen LogP contribution < -0.4 is 4.74 Å². The molecule has 0 unspecified atom stereocenters. The molecule has 0 aromatic heterocycles. The molecule has 6 nitrogen and oxygen atoms in total. The van der Waals surface area contributed by atoms with Gasteiger partial charge in [-0.1, -0.05) is 31.5 Å². The predicted octanol–water partition coefficient (Wildman–Crippen LogP) is 9.16. The molecule has 1 saturated heterocycles.